The number of hydrogen-bond acceptors (Lipinski definition) is 1. The van der Waals surface area contributed by atoms with Crippen LogP contribution in [-0.2, 0) is 6.54 Å². The van der Waals surface area contributed by atoms with Crippen molar-refractivity contribution >= 4 is 0 Å². The summed E-state index contributed by atoms with van der Waals surface area (Å²) in [5.41, 5.74) is 1.38. The van der Waals surface area contributed by atoms with Crippen molar-refractivity contribution in [3.05, 3.63) is 35.9 Å². The fraction of sp³-hybridized carbons (Fsp3) is 0.250. The van der Waals surface area contributed by atoms with Gasteiger partial charge in [0, 0.05) is 0 Å². The van der Waals surface area contributed by atoms with Gasteiger partial charge < -0.3 is 0 Å². The van der Waals surface area contributed by atoms with Gasteiger partial charge in [0.15, 0.2) is 0 Å². The average Bonchev–Trinajstić information content (AvgIpc) is 1.88. The Labute approximate surface area is 77.3 Å². The van der Waals surface area contributed by atoms with E-state index in [1.807, 2.05) is 6.07 Å². The van der Waals surface area contributed by atoms with E-state index in [4.69, 9.17) is 0 Å². The molecule has 1 nitrogen and oxygen atoms in total. The van der Waals surface area contributed by atoms with Crippen LogP contribution in [0.25, 0.3) is 0 Å². The molecule has 0 spiro atoms. The maximum atomic E-state index is 2.22. The molecule has 1 aromatic carbocycles. The van der Waals surface area contributed by atoms with Crippen molar-refractivity contribution in [2.75, 3.05) is 7.05 Å². The molecule has 0 heterocycles. The third-order valence-corrected chi connectivity index (χ3v) is 1.71. The molecule has 2 heteroatoms. The Morgan fingerprint density at radius 2 is 1.90 bits per heavy atom. The summed E-state index contributed by atoms with van der Waals surface area (Å²) in [7, 11) is 2.10. The zero-order chi connectivity index (χ0) is 7.40. The van der Waals surface area contributed by atoms with E-state index in [-0.39, 0.29) is 0 Å². The summed E-state index contributed by atoms with van der Waals surface area (Å²) in [5.74, 6) is 0. The van der Waals surface area contributed by atoms with E-state index >= 15 is 0 Å². The molecule has 10 heavy (non-hydrogen) atoms. The normalized spacial score (nSPS) is 10.3. The quantitative estimate of drug-likeness (QED) is 0.796. The van der Waals surface area contributed by atoms with Crippen molar-refractivity contribution in [2.45, 2.75) is 6.54 Å². The minimum atomic E-state index is 1.05. The summed E-state index contributed by atoms with van der Waals surface area (Å²) in [6.07, 6.45) is 0. The SMILES string of the molecule is CN([At])Cc1ccccc1. The van der Waals surface area contributed by atoms with Crippen molar-refractivity contribution in [3.8, 4) is 0 Å². The van der Waals surface area contributed by atoms with E-state index in [9.17, 15) is 0 Å². The molecule has 0 atom stereocenters. The number of nitrogens with zero attached hydrogens (tertiary/aromatic N) is 1. The fourth-order valence-electron chi connectivity index (χ4n) is 0.835. The Balaban J connectivity index is 2.59. The maximum absolute atomic E-state index is 2.22. The van der Waals surface area contributed by atoms with Crippen LogP contribution in [0.5, 0.6) is 0 Å². The van der Waals surface area contributed by atoms with Gasteiger partial charge in [-0.1, -0.05) is 0 Å². The van der Waals surface area contributed by atoms with Crippen LogP contribution in [0.1, 0.15) is 5.56 Å². The van der Waals surface area contributed by atoms with Crippen LogP contribution in [0.2, 0.25) is 0 Å². The van der Waals surface area contributed by atoms with Crippen molar-refractivity contribution in [2.24, 2.45) is 0 Å². The Hall–Kier alpha value is 0.0631. The molecule has 1 aromatic rings. The molecular formula is C8H10AtN. The van der Waals surface area contributed by atoms with Gasteiger partial charge in [-0.15, -0.1) is 0 Å². The average molecular weight is 330 g/mol. The van der Waals surface area contributed by atoms with Gasteiger partial charge in [-0.2, -0.15) is 0 Å². The van der Waals surface area contributed by atoms with Gasteiger partial charge in [0.1, 0.15) is 0 Å². The first-order valence-corrected chi connectivity index (χ1v) is 4.51. The molecule has 0 radical (unpaired) electrons. The van der Waals surface area contributed by atoms with Crippen LogP contribution >= 0.6 is 0 Å². The van der Waals surface area contributed by atoms with Gasteiger partial charge in [-0.05, 0) is 0 Å². The molecular weight excluding hydrogens is 320 g/mol. The fourth-order valence-corrected chi connectivity index (χ4v) is 1.37. The van der Waals surface area contributed by atoms with Crippen molar-refractivity contribution < 1.29 is 25.0 Å². The third kappa shape index (κ3) is 2.76. The van der Waals surface area contributed by atoms with Gasteiger partial charge in [0.25, 0.3) is 0 Å². The molecule has 0 saturated heterocycles. The molecule has 0 aromatic heterocycles. The van der Waals surface area contributed by atoms with E-state index < -0.39 is 0 Å². The predicted octanol–water partition coefficient (Wildman–Crippen LogP) is 1.58. The van der Waals surface area contributed by atoms with Crippen LogP contribution in [0.3, 0.4) is 0 Å². The molecule has 0 amide bonds. The van der Waals surface area contributed by atoms with Gasteiger partial charge in [0.05, 0.1) is 0 Å². The molecule has 0 N–H and O–H groups in total. The standard InChI is InChI=1S/C8H10AtN/c1-10(9)7-8-5-3-2-4-6-8/h2-6H,7H2,1H3. The summed E-state index contributed by atoms with van der Waals surface area (Å²) in [6, 6.07) is 10.5. The van der Waals surface area contributed by atoms with Crippen LogP contribution in [0.4, 0.5) is 0 Å². The number of rotatable bonds is 2. The topological polar surface area (TPSA) is 3.24 Å². The molecule has 0 aliphatic heterocycles. The second-order valence-electron chi connectivity index (χ2n) is 2.25. The number of hydrogen-bond donors (Lipinski definition) is 0. The molecule has 0 aliphatic rings. The van der Waals surface area contributed by atoms with Crippen LogP contribution in [0.15, 0.2) is 30.3 Å². The second-order valence-corrected chi connectivity index (χ2v) is 4.49. The molecule has 0 bridgehead atoms. The molecule has 1 rings (SSSR count). The monoisotopic (exact) mass is 330 g/mol. The predicted molar refractivity (Wildman–Crippen MR) is 37.9 cm³/mol. The van der Waals surface area contributed by atoms with Crippen LogP contribution in [0, 0.1) is 25.0 Å². The van der Waals surface area contributed by atoms with E-state index in [2.05, 4.69) is 34.2 Å². The molecule has 0 aliphatic carbocycles. The Kier molecular flexibility index (Phi) is 3.31. The van der Waals surface area contributed by atoms with Gasteiger partial charge in [-0.3, -0.25) is 0 Å². The number of benzene rings is 1. The summed E-state index contributed by atoms with van der Waals surface area (Å²) in [6.45, 7) is 1.05. The van der Waals surface area contributed by atoms with E-state index in [0.29, 0.717) is 0 Å². The minimum absolute atomic E-state index is 1.05. The van der Waals surface area contributed by atoms with Crippen molar-refractivity contribution in [1.82, 2.24) is 2.84 Å². The first-order chi connectivity index (χ1) is 4.79. The summed E-state index contributed by atoms with van der Waals surface area (Å²) >= 11 is 1.70. The summed E-state index contributed by atoms with van der Waals surface area (Å²) in [4.78, 5) is 0. The zero-order valence-electron chi connectivity index (χ0n) is 5.92. The third-order valence-electron chi connectivity index (χ3n) is 1.24. The molecule has 54 valence electrons. The Morgan fingerprint density at radius 1 is 1.30 bits per heavy atom. The molecule has 0 unspecified atom stereocenters. The summed E-state index contributed by atoms with van der Waals surface area (Å²) in [5, 5.41) is 0. The summed E-state index contributed by atoms with van der Waals surface area (Å²) < 4.78 is 2.22. The first kappa shape index (κ1) is 8.16. The van der Waals surface area contributed by atoms with Crippen molar-refractivity contribution in [1.29, 1.82) is 0 Å². The van der Waals surface area contributed by atoms with E-state index in [0.717, 1.165) is 6.54 Å². The van der Waals surface area contributed by atoms with Crippen LogP contribution < -0.4 is 0 Å². The molecule has 0 saturated carbocycles. The van der Waals surface area contributed by atoms with Gasteiger partial charge in [0.2, 0.25) is 0 Å². The van der Waals surface area contributed by atoms with E-state index in [1.54, 1.807) is 25.0 Å². The Bertz CT molecular complexity index is 184. The van der Waals surface area contributed by atoms with E-state index in [1.165, 1.54) is 5.56 Å². The first-order valence-electron chi connectivity index (χ1n) is 3.20. The molecule has 0 fully saturated rings. The van der Waals surface area contributed by atoms with Crippen molar-refractivity contribution in [3.63, 3.8) is 0 Å². The zero-order valence-corrected chi connectivity index (χ0v) is 8.86. The Morgan fingerprint density at radius 3 is 2.40 bits per heavy atom. The van der Waals surface area contributed by atoms with Crippen LogP contribution in [-0.4, -0.2) is 9.89 Å². The van der Waals surface area contributed by atoms with Gasteiger partial charge in [-0.25, -0.2) is 0 Å². The van der Waals surface area contributed by atoms with Gasteiger partial charge >= 0.3 is 77.3 Å². The second kappa shape index (κ2) is 4.05.